The Bertz CT molecular complexity index is 2280. The molecule has 5 aromatic rings. The minimum Gasteiger partial charge on any atom is -0.465 e. The number of aromatic nitrogens is 1. The van der Waals surface area contributed by atoms with E-state index in [0.29, 0.717) is 50.5 Å². The van der Waals surface area contributed by atoms with Gasteiger partial charge >= 0.3 is 5.97 Å². The van der Waals surface area contributed by atoms with E-state index < -0.39 is 11.9 Å². The Labute approximate surface area is 351 Å². The number of H-pyrrole nitrogens is 1. The van der Waals surface area contributed by atoms with Crippen molar-refractivity contribution in [3.8, 4) is 0 Å². The van der Waals surface area contributed by atoms with Gasteiger partial charge in [0.25, 0.3) is 5.91 Å². The van der Waals surface area contributed by atoms with Crippen molar-refractivity contribution in [2.75, 3.05) is 44.0 Å². The third-order valence-electron chi connectivity index (χ3n) is 11.2. The summed E-state index contributed by atoms with van der Waals surface area (Å²) < 4.78 is 5.09. The molecule has 1 amide bonds. The summed E-state index contributed by atoms with van der Waals surface area (Å²) in [6, 6.07) is 28.9. The number of ether oxygens (including phenoxy) is 1. The van der Waals surface area contributed by atoms with E-state index in [1.54, 1.807) is 18.3 Å². The van der Waals surface area contributed by atoms with Crippen molar-refractivity contribution in [2.45, 2.75) is 58.0 Å². The monoisotopic (exact) mass is 819 g/mol. The van der Waals surface area contributed by atoms with Crippen molar-refractivity contribution < 1.29 is 19.1 Å². The number of aldehydes is 1. The zero-order chi connectivity index (χ0) is 41.3. The van der Waals surface area contributed by atoms with Crippen LogP contribution < -0.4 is 10.2 Å². The van der Waals surface area contributed by atoms with Crippen LogP contribution in [0.25, 0.3) is 22.2 Å². The maximum atomic E-state index is 15.0. The SMILES string of the molecule is C=CN(/C(=C(\C)c1ccccc1)c1c(C(=O)Nc2cc(C(=O)OC)ccc2N2CCC(N(C)CCCCC=O)CC2)[nH]c2cc(Cl)ccc12)C(C)c1ccc(Cl)cc1. The molecule has 1 aromatic heterocycles. The fraction of sp³-hybridized carbons (Fsp3) is 0.298. The third-order valence-corrected chi connectivity index (χ3v) is 11.7. The summed E-state index contributed by atoms with van der Waals surface area (Å²) in [5.41, 5.74) is 7.01. The Hall–Kier alpha value is -5.35. The molecule has 4 aromatic carbocycles. The van der Waals surface area contributed by atoms with Gasteiger partial charge in [0.15, 0.2) is 0 Å². The lowest BCUT2D eigenvalue weighted by Gasteiger charge is -2.38. The molecule has 1 fully saturated rings. The van der Waals surface area contributed by atoms with Crippen molar-refractivity contribution in [3.05, 3.63) is 142 Å². The fourth-order valence-electron chi connectivity index (χ4n) is 7.93. The van der Waals surface area contributed by atoms with Crippen molar-refractivity contribution in [3.63, 3.8) is 0 Å². The zero-order valence-electron chi connectivity index (χ0n) is 33.6. The number of methoxy groups -OCH3 is 1. The number of hydrogen-bond acceptors (Lipinski definition) is 7. The highest BCUT2D eigenvalue weighted by atomic mass is 35.5. The molecule has 0 aliphatic carbocycles. The molecule has 302 valence electrons. The topological polar surface area (TPSA) is 98.0 Å². The number of nitrogens with zero attached hydrogens (tertiary/aromatic N) is 3. The summed E-state index contributed by atoms with van der Waals surface area (Å²) >= 11 is 12.9. The first-order valence-electron chi connectivity index (χ1n) is 19.7. The number of carbonyl (C=O) groups excluding carboxylic acids is 3. The standard InChI is InChI=1S/C47H51Cl2N5O4/c1-6-54(32(3)34-15-18-36(48)19-16-34)45(31(2)33-13-9-7-10-14-33)43-39-21-20-37(49)30-40(39)50-44(43)46(56)51-41-29-35(47(57)58-5)17-22-42(41)53-26-23-38(24-27-53)52(4)25-11-8-12-28-55/h6-7,9-10,13-22,28-30,32,38,50H,1,8,11-12,23-27H2,2-5H3,(H,51,56)/b45-31+. The van der Waals surface area contributed by atoms with Gasteiger partial charge in [0.2, 0.25) is 0 Å². The maximum absolute atomic E-state index is 15.0. The highest BCUT2D eigenvalue weighted by Crippen LogP contribution is 2.42. The lowest BCUT2D eigenvalue weighted by atomic mass is 9.95. The second-order valence-corrected chi connectivity index (χ2v) is 15.6. The van der Waals surface area contributed by atoms with Crippen LogP contribution in [0.4, 0.5) is 11.4 Å². The molecule has 0 bridgehead atoms. The number of carbonyl (C=O) groups is 3. The average molecular weight is 821 g/mol. The number of fused-ring (bicyclic) bond motifs is 1. The molecule has 1 atom stereocenters. The molecule has 2 N–H and O–H groups in total. The molecule has 11 heteroatoms. The lowest BCUT2D eigenvalue weighted by Crippen LogP contribution is -2.44. The predicted molar refractivity (Wildman–Crippen MR) is 238 cm³/mol. The molecule has 1 unspecified atom stereocenters. The Morgan fingerprint density at radius 2 is 1.67 bits per heavy atom. The number of anilines is 2. The van der Waals surface area contributed by atoms with Gasteiger partial charge < -0.3 is 34.5 Å². The molecule has 0 radical (unpaired) electrons. The molecule has 58 heavy (non-hydrogen) atoms. The van der Waals surface area contributed by atoms with E-state index in [9.17, 15) is 14.4 Å². The van der Waals surface area contributed by atoms with Crippen LogP contribution in [0.15, 0.2) is 104 Å². The molecule has 0 spiro atoms. The number of esters is 1. The van der Waals surface area contributed by atoms with Gasteiger partial charge in [-0.15, -0.1) is 0 Å². The summed E-state index contributed by atoms with van der Waals surface area (Å²) in [6.45, 7) is 10.9. The highest BCUT2D eigenvalue weighted by molar-refractivity contribution is 6.31. The van der Waals surface area contributed by atoms with Crippen molar-refractivity contribution in [1.29, 1.82) is 0 Å². The Morgan fingerprint density at radius 3 is 2.34 bits per heavy atom. The average Bonchev–Trinajstić information content (AvgIpc) is 3.62. The van der Waals surface area contributed by atoms with E-state index in [1.165, 1.54) is 7.11 Å². The van der Waals surface area contributed by atoms with E-state index in [-0.39, 0.29) is 6.04 Å². The smallest absolute Gasteiger partial charge is 0.337 e. The molecular weight excluding hydrogens is 769 g/mol. The Morgan fingerprint density at radius 1 is 0.966 bits per heavy atom. The maximum Gasteiger partial charge on any atom is 0.337 e. The van der Waals surface area contributed by atoms with Crippen LogP contribution in [0.5, 0.6) is 0 Å². The number of allylic oxidation sites excluding steroid dienone is 1. The number of aromatic amines is 1. The van der Waals surface area contributed by atoms with E-state index >= 15 is 0 Å². The van der Waals surface area contributed by atoms with Crippen LogP contribution in [0.3, 0.4) is 0 Å². The van der Waals surface area contributed by atoms with E-state index in [2.05, 4.69) is 52.5 Å². The first-order chi connectivity index (χ1) is 28.0. The molecular formula is C47H51Cl2N5O4. The van der Waals surface area contributed by atoms with Gasteiger partial charge in [-0.05, 0) is 118 Å². The van der Waals surface area contributed by atoms with Gasteiger partial charge in [0.05, 0.1) is 35.8 Å². The number of piperidine rings is 1. The summed E-state index contributed by atoms with van der Waals surface area (Å²) in [5, 5.41) is 5.18. The second kappa shape index (κ2) is 19.4. The Balaban J connectivity index is 1.43. The van der Waals surface area contributed by atoms with Gasteiger partial charge in [0, 0.05) is 52.1 Å². The van der Waals surface area contributed by atoms with E-state index in [4.69, 9.17) is 27.9 Å². The van der Waals surface area contributed by atoms with Gasteiger partial charge in [-0.25, -0.2) is 4.79 Å². The fourth-order valence-corrected chi connectivity index (χ4v) is 8.22. The number of nitrogens with one attached hydrogen (secondary N) is 2. The van der Waals surface area contributed by atoms with Crippen molar-refractivity contribution >= 4 is 74.9 Å². The van der Waals surface area contributed by atoms with Crippen LogP contribution >= 0.6 is 23.2 Å². The molecule has 1 aliphatic rings. The number of rotatable bonds is 16. The molecule has 2 heterocycles. The number of unbranched alkanes of at least 4 members (excludes halogenated alkanes) is 2. The molecule has 6 rings (SSSR count). The van der Waals surface area contributed by atoms with E-state index in [1.807, 2.05) is 78.9 Å². The highest BCUT2D eigenvalue weighted by Gasteiger charge is 2.30. The van der Waals surface area contributed by atoms with E-state index in [0.717, 1.165) is 85.1 Å². The summed E-state index contributed by atoms with van der Waals surface area (Å²) in [4.78, 5) is 48.8. The molecule has 0 saturated carbocycles. The van der Waals surface area contributed by atoms with Crippen molar-refractivity contribution in [1.82, 2.24) is 14.8 Å². The predicted octanol–water partition coefficient (Wildman–Crippen LogP) is 10.9. The van der Waals surface area contributed by atoms with Crippen LogP contribution in [-0.2, 0) is 9.53 Å². The summed E-state index contributed by atoms with van der Waals surface area (Å²) in [7, 11) is 3.49. The quantitative estimate of drug-likeness (QED) is 0.0581. The molecule has 9 nitrogen and oxygen atoms in total. The zero-order valence-corrected chi connectivity index (χ0v) is 35.1. The first kappa shape index (κ1) is 42.3. The van der Waals surface area contributed by atoms with Gasteiger partial charge in [0.1, 0.15) is 12.0 Å². The Kier molecular flexibility index (Phi) is 14.1. The normalized spacial score (nSPS) is 14.2. The van der Waals surface area contributed by atoms with Crippen LogP contribution in [0.2, 0.25) is 10.0 Å². The number of benzene rings is 4. The molecule has 1 saturated heterocycles. The third kappa shape index (κ3) is 9.50. The van der Waals surface area contributed by atoms with Gasteiger partial charge in [-0.1, -0.05) is 78.3 Å². The number of halogens is 2. The van der Waals surface area contributed by atoms with Crippen LogP contribution in [0.1, 0.15) is 89.5 Å². The number of hydrogen-bond donors (Lipinski definition) is 2. The van der Waals surface area contributed by atoms with Crippen LogP contribution in [0, 0.1) is 0 Å². The lowest BCUT2D eigenvalue weighted by molar-refractivity contribution is -0.107. The van der Waals surface area contributed by atoms with Crippen LogP contribution in [-0.4, -0.2) is 72.8 Å². The summed E-state index contributed by atoms with van der Waals surface area (Å²) in [5.74, 6) is -0.892. The second-order valence-electron chi connectivity index (χ2n) is 14.8. The minimum absolute atomic E-state index is 0.210. The summed E-state index contributed by atoms with van der Waals surface area (Å²) in [6.07, 6.45) is 7.10. The van der Waals surface area contributed by atoms with Gasteiger partial charge in [-0.3, -0.25) is 4.79 Å². The molecule has 1 aliphatic heterocycles. The first-order valence-corrected chi connectivity index (χ1v) is 20.5. The van der Waals surface area contributed by atoms with Gasteiger partial charge in [-0.2, -0.15) is 0 Å². The largest absolute Gasteiger partial charge is 0.465 e. The number of amides is 1. The minimum atomic E-state index is -0.501. The van der Waals surface area contributed by atoms with Crippen molar-refractivity contribution in [2.24, 2.45) is 0 Å².